The summed E-state index contributed by atoms with van der Waals surface area (Å²) < 4.78 is 0. The maximum Gasteiger partial charge on any atom is 0.0957 e. The Labute approximate surface area is 69.3 Å². The molecule has 11 heavy (non-hydrogen) atoms. The van der Waals surface area contributed by atoms with Gasteiger partial charge in [-0.2, -0.15) is 0 Å². The predicted molar refractivity (Wildman–Crippen MR) is 45.5 cm³/mol. The SMILES string of the molecule is C[C@@H]1CC(C)(C)[C@H](C[NH3+])[C@@H]1[NH3+]. The van der Waals surface area contributed by atoms with Crippen LogP contribution >= 0.6 is 0 Å². The van der Waals surface area contributed by atoms with Crippen LogP contribution in [-0.4, -0.2) is 12.6 Å². The zero-order chi connectivity index (χ0) is 8.65. The van der Waals surface area contributed by atoms with Crippen molar-refractivity contribution in [2.75, 3.05) is 6.54 Å². The van der Waals surface area contributed by atoms with E-state index in [1.165, 1.54) is 6.42 Å². The van der Waals surface area contributed by atoms with Crippen molar-refractivity contribution < 1.29 is 11.5 Å². The Morgan fingerprint density at radius 1 is 1.45 bits per heavy atom. The molecule has 1 fully saturated rings. The lowest BCUT2D eigenvalue weighted by molar-refractivity contribution is -0.465. The summed E-state index contributed by atoms with van der Waals surface area (Å²) in [6.45, 7) is 8.07. The molecule has 0 bridgehead atoms. The fraction of sp³-hybridized carbons (Fsp3) is 1.00. The molecule has 6 N–H and O–H groups in total. The molecule has 0 heterocycles. The first kappa shape index (κ1) is 9.01. The Kier molecular flexibility index (Phi) is 2.26. The average Bonchev–Trinajstić information content (AvgIpc) is 2.03. The number of quaternary nitrogens is 2. The van der Waals surface area contributed by atoms with E-state index in [4.69, 9.17) is 0 Å². The van der Waals surface area contributed by atoms with Gasteiger partial charge >= 0.3 is 0 Å². The highest BCUT2D eigenvalue weighted by Crippen LogP contribution is 2.43. The molecule has 1 aliphatic carbocycles. The zero-order valence-corrected chi connectivity index (χ0v) is 8.06. The van der Waals surface area contributed by atoms with E-state index in [-0.39, 0.29) is 0 Å². The predicted octanol–water partition coefficient (Wildman–Crippen LogP) is -0.479. The van der Waals surface area contributed by atoms with Crippen LogP contribution in [0.25, 0.3) is 0 Å². The van der Waals surface area contributed by atoms with Crippen LogP contribution in [-0.2, 0) is 0 Å². The molecule has 1 rings (SSSR count). The van der Waals surface area contributed by atoms with Crippen LogP contribution in [0.3, 0.4) is 0 Å². The van der Waals surface area contributed by atoms with Gasteiger partial charge in [-0.05, 0) is 11.8 Å². The van der Waals surface area contributed by atoms with Crippen molar-refractivity contribution in [1.82, 2.24) is 0 Å². The summed E-state index contributed by atoms with van der Waals surface area (Å²) in [5, 5.41) is 0. The highest BCUT2D eigenvalue weighted by atomic mass is 14.8. The Hall–Kier alpha value is -0.0800. The second kappa shape index (κ2) is 2.76. The smallest absolute Gasteiger partial charge is 0.0957 e. The lowest BCUT2D eigenvalue weighted by atomic mass is 9.81. The molecule has 2 heteroatoms. The Morgan fingerprint density at radius 3 is 2.18 bits per heavy atom. The highest BCUT2D eigenvalue weighted by molar-refractivity contribution is 4.93. The summed E-state index contributed by atoms with van der Waals surface area (Å²) in [6.07, 6.45) is 1.32. The van der Waals surface area contributed by atoms with Crippen LogP contribution in [0.15, 0.2) is 0 Å². The molecule has 1 saturated carbocycles. The molecule has 0 radical (unpaired) electrons. The summed E-state index contributed by atoms with van der Waals surface area (Å²) in [6, 6.07) is 0.627. The molecule has 2 nitrogen and oxygen atoms in total. The lowest BCUT2D eigenvalue weighted by Crippen LogP contribution is -2.70. The molecule has 0 aromatic rings. The Balaban J connectivity index is 2.73. The van der Waals surface area contributed by atoms with Gasteiger partial charge in [-0.1, -0.05) is 20.8 Å². The van der Waals surface area contributed by atoms with Crippen LogP contribution in [0.4, 0.5) is 0 Å². The van der Waals surface area contributed by atoms with E-state index in [0.717, 1.165) is 18.4 Å². The fourth-order valence-electron chi connectivity index (χ4n) is 2.71. The maximum absolute atomic E-state index is 4.23. The van der Waals surface area contributed by atoms with Crippen LogP contribution in [0.1, 0.15) is 27.2 Å². The quantitative estimate of drug-likeness (QED) is 0.518. The van der Waals surface area contributed by atoms with Gasteiger partial charge < -0.3 is 11.5 Å². The topological polar surface area (TPSA) is 55.3 Å². The van der Waals surface area contributed by atoms with Gasteiger partial charge in [-0.3, -0.25) is 0 Å². The van der Waals surface area contributed by atoms with Crippen molar-refractivity contribution in [1.29, 1.82) is 0 Å². The molecule has 66 valence electrons. The summed E-state index contributed by atoms with van der Waals surface area (Å²) in [5.41, 5.74) is 8.71. The summed E-state index contributed by atoms with van der Waals surface area (Å²) >= 11 is 0. The molecule has 0 aromatic heterocycles. The van der Waals surface area contributed by atoms with E-state index in [2.05, 4.69) is 32.2 Å². The Bertz CT molecular complexity index is 142. The summed E-state index contributed by atoms with van der Waals surface area (Å²) in [5.74, 6) is 1.52. The van der Waals surface area contributed by atoms with E-state index in [9.17, 15) is 0 Å². The van der Waals surface area contributed by atoms with Gasteiger partial charge in [-0.15, -0.1) is 0 Å². The van der Waals surface area contributed by atoms with E-state index < -0.39 is 0 Å². The summed E-state index contributed by atoms with van der Waals surface area (Å²) in [7, 11) is 0. The van der Waals surface area contributed by atoms with Gasteiger partial charge in [0.15, 0.2) is 0 Å². The van der Waals surface area contributed by atoms with Crippen molar-refractivity contribution in [3.05, 3.63) is 0 Å². The van der Waals surface area contributed by atoms with Crippen LogP contribution < -0.4 is 11.5 Å². The maximum atomic E-state index is 4.23. The molecule has 0 spiro atoms. The largest absolute Gasteiger partial charge is 0.357 e. The molecule has 0 amide bonds. The van der Waals surface area contributed by atoms with E-state index in [1.807, 2.05) is 0 Å². The second-order valence-corrected chi connectivity index (χ2v) is 4.73. The van der Waals surface area contributed by atoms with Crippen molar-refractivity contribution in [3.63, 3.8) is 0 Å². The highest BCUT2D eigenvalue weighted by Gasteiger charge is 2.47. The van der Waals surface area contributed by atoms with E-state index >= 15 is 0 Å². The fourth-order valence-corrected chi connectivity index (χ4v) is 2.71. The van der Waals surface area contributed by atoms with Crippen molar-refractivity contribution in [2.45, 2.75) is 33.2 Å². The third-order valence-corrected chi connectivity index (χ3v) is 3.41. The normalized spacial score (nSPS) is 42.8. The van der Waals surface area contributed by atoms with Gasteiger partial charge in [0.25, 0.3) is 0 Å². The standard InChI is InChI=1S/C9H20N2/c1-6-4-9(2,3)7(5-10)8(6)11/h6-8H,4-5,10-11H2,1-3H3/p+2/t6-,7-,8-/m1/s1. The molecular formula is C9H22N2+2. The first-order valence-corrected chi connectivity index (χ1v) is 4.61. The van der Waals surface area contributed by atoms with Crippen molar-refractivity contribution in [2.24, 2.45) is 17.3 Å². The van der Waals surface area contributed by atoms with Gasteiger partial charge in [-0.25, -0.2) is 0 Å². The Morgan fingerprint density at radius 2 is 2.00 bits per heavy atom. The van der Waals surface area contributed by atoms with Gasteiger partial charge in [0.05, 0.1) is 18.5 Å². The molecule has 0 unspecified atom stereocenters. The van der Waals surface area contributed by atoms with Crippen LogP contribution in [0.5, 0.6) is 0 Å². The number of hydrogen-bond donors (Lipinski definition) is 2. The van der Waals surface area contributed by atoms with E-state index in [1.54, 1.807) is 0 Å². The zero-order valence-electron chi connectivity index (χ0n) is 8.06. The second-order valence-electron chi connectivity index (χ2n) is 4.73. The van der Waals surface area contributed by atoms with E-state index in [0.29, 0.717) is 11.5 Å². The minimum Gasteiger partial charge on any atom is -0.357 e. The number of hydrogen-bond acceptors (Lipinski definition) is 0. The summed E-state index contributed by atoms with van der Waals surface area (Å²) in [4.78, 5) is 0. The molecule has 1 aliphatic rings. The first-order valence-electron chi connectivity index (χ1n) is 4.61. The van der Waals surface area contributed by atoms with Gasteiger partial charge in [0.2, 0.25) is 0 Å². The molecule has 0 aromatic carbocycles. The van der Waals surface area contributed by atoms with Crippen molar-refractivity contribution >= 4 is 0 Å². The minimum absolute atomic E-state index is 0.480. The molecule has 0 aliphatic heterocycles. The monoisotopic (exact) mass is 158 g/mol. The molecule has 0 saturated heterocycles. The number of rotatable bonds is 1. The third-order valence-electron chi connectivity index (χ3n) is 3.41. The van der Waals surface area contributed by atoms with Gasteiger partial charge in [0.1, 0.15) is 0 Å². The van der Waals surface area contributed by atoms with Gasteiger partial charge in [0, 0.05) is 5.92 Å². The lowest BCUT2D eigenvalue weighted by Gasteiger charge is -2.24. The molecular weight excluding hydrogens is 136 g/mol. The first-order chi connectivity index (χ1) is 4.99. The average molecular weight is 158 g/mol. The molecule has 3 atom stereocenters. The van der Waals surface area contributed by atoms with Crippen molar-refractivity contribution in [3.8, 4) is 0 Å². The third kappa shape index (κ3) is 1.42. The van der Waals surface area contributed by atoms with Crippen LogP contribution in [0, 0.1) is 17.3 Å². The minimum atomic E-state index is 0.480. The van der Waals surface area contributed by atoms with Crippen LogP contribution in [0.2, 0.25) is 0 Å².